The molecule has 0 saturated heterocycles. The zero-order chi connectivity index (χ0) is 14.5. The topological polar surface area (TPSA) is 78.9 Å². The Hall–Kier alpha value is -2.35. The summed E-state index contributed by atoms with van der Waals surface area (Å²) in [5, 5.41) is 11.8. The van der Waals surface area contributed by atoms with E-state index in [2.05, 4.69) is 5.32 Å². The molecular formula is C15H12ClN3O. The Morgan fingerprint density at radius 3 is 2.50 bits per heavy atom. The fraction of sp³-hybridized carbons (Fsp3) is 0.0667. The molecule has 2 rings (SSSR count). The van der Waals surface area contributed by atoms with Gasteiger partial charge in [0, 0.05) is 12.1 Å². The number of hydrogen-bond acceptors (Lipinski definition) is 3. The molecule has 0 atom stereocenters. The number of hydrogen-bond donors (Lipinski definition) is 2. The van der Waals surface area contributed by atoms with Gasteiger partial charge in [-0.05, 0) is 35.9 Å². The average molecular weight is 286 g/mol. The van der Waals surface area contributed by atoms with Crippen molar-refractivity contribution in [2.75, 3.05) is 5.32 Å². The molecule has 0 aliphatic rings. The van der Waals surface area contributed by atoms with Crippen LogP contribution in [-0.2, 0) is 6.54 Å². The van der Waals surface area contributed by atoms with E-state index in [-0.39, 0.29) is 5.91 Å². The van der Waals surface area contributed by atoms with Gasteiger partial charge in [-0.1, -0.05) is 23.7 Å². The van der Waals surface area contributed by atoms with Crippen molar-refractivity contribution in [3.63, 3.8) is 0 Å². The zero-order valence-electron chi connectivity index (χ0n) is 10.6. The first-order valence-electron chi connectivity index (χ1n) is 5.94. The third kappa shape index (κ3) is 3.15. The van der Waals surface area contributed by atoms with Crippen molar-refractivity contribution in [2.24, 2.45) is 5.73 Å². The second-order valence-corrected chi connectivity index (χ2v) is 4.57. The van der Waals surface area contributed by atoms with Crippen LogP contribution >= 0.6 is 11.6 Å². The van der Waals surface area contributed by atoms with E-state index < -0.39 is 0 Å². The van der Waals surface area contributed by atoms with Crippen molar-refractivity contribution in [2.45, 2.75) is 6.54 Å². The van der Waals surface area contributed by atoms with Crippen molar-refractivity contribution >= 4 is 23.2 Å². The van der Waals surface area contributed by atoms with E-state index in [9.17, 15) is 4.79 Å². The van der Waals surface area contributed by atoms with Crippen LogP contribution in [0.3, 0.4) is 0 Å². The fourth-order valence-corrected chi connectivity index (χ4v) is 1.90. The molecule has 0 saturated carbocycles. The Balaban J connectivity index is 2.17. The first kappa shape index (κ1) is 14.1. The second kappa shape index (κ2) is 6.20. The molecule has 2 aromatic carbocycles. The van der Waals surface area contributed by atoms with Gasteiger partial charge < -0.3 is 11.1 Å². The van der Waals surface area contributed by atoms with Crippen molar-refractivity contribution in [1.82, 2.24) is 0 Å². The lowest BCUT2D eigenvalue weighted by molar-refractivity contribution is 0.102. The molecule has 0 aliphatic heterocycles. The predicted molar refractivity (Wildman–Crippen MR) is 78.5 cm³/mol. The van der Waals surface area contributed by atoms with Crippen molar-refractivity contribution < 1.29 is 4.79 Å². The van der Waals surface area contributed by atoms with Gasteiger partial charge in [0.25, 0.3) is 5.91 Å². The molecule has 3 N–H and O–H groups in total. The lowest BCUT2D eigenvalue weighted by atomic mass is 10.1. The molecule has 0 unspecified atom stereocenters. The summed E-state index contributed by atoms with van der Waals surface area (Å²) in [5.74, 6) is -0.264. The van der Waals surface area contributed by atoms with E-state index in [0.29, 0.717) is 28.4 Å². The molecule has 1 amide bonds. The van der Waals surface area contributed by atoms with Crippen molar-refractivity contribution in [3.05, 3.63) is 64.2 Å². The highest BCUT2D eigenvalue weighted by Crippen LogP contribution is 2.23. The first-order valence-corrected chi connectivity index (χ1v) is 6.32. The van der Waals surface area contributed by atoms with Gasteiger partial charge >= 0.3 is 0 Å². The van der Waals surface area contributed by atoms with Crippen molar-refractivity contribution in [1.29, 1.82) is 5.26 Å². The predicted octanol–water partition coefficient (Wildman–Crippen LogP) is 2.92. The Labute approximate surface area is 121 Å². The van der Waals surface area contributed by atoms with Gasteiger partial charge in [0.1, 0.15) is 0 Å². The third-order valence-electron chi connectivity index (χ3n) is 2.80. The molecule has 0 radical (unpaired) electrons. The summed E-state index contributed by atoms with van der Waals surface area (Å²) in [7, 11) is 0. The first-order chi connectivity index (χ1) is 9.63. The molecule has 0 bridgehead atoms. The molecule has 2 aromatic rings. The molecule has 0 aliphatic carbocycles. The van der Waals surface area contributed by atoms with Crippen LogP contribution in [-0.4, -0.2) is 5.91 Å². The van der Waals surface area contributed by atoms with Gasteiger partial charge in [0.2, 0.25) is 0 Å². The van der Waals surface area contributed by atoms with Gasteiger partial charge in [-0.2, -0.15) is 5.26 Å². The van der Waals surface area contributed by atoms with Crippen LogP contribution in [0.1, 0.15) is 21.5 Å². The summed E-state index contributed by atoms with van der Waals surface area (Å²) >= 11 is 6.01. The van der Waals surface area contributed by atoms with Gasteiger partial charge in [-0.25, -0.2) is 0 Å². The molecule has 0 fully saturated rings. The molecule has 4 nitrogen and oxygen atoms in total. The molecule has 0 aromatic heterocycles. The van der Waals surface area contributed by atoms with E-state index in [4.69, 9.17) is 22.6 Å². The highest BCUT2D eigenvalue weighted by atomic mass is 35.5. The minimum absolute atomic E-state index is 0.264. The highest BCUT2D eigenvalue weighted by Gasteiger charge is 2.09. The van der Waals surface area contributed by atoms with E-state index in [1.807, 2.05) is 6.07 Å². The number of halogens is 1. The normalized spacial score (nSPS) is 9.85. The highest BCUT2D eigenvalue weighted by molar-refractivity contribution is 6.34. The Kier molecular flexibility index (Phi) is 4.36. The minimum atomic E-state index is -0.264. The van der Waals surface area contributed by atoms with Crippen LogP contribution in [0.4, 0.5) is 5.69 Å². The number of rotatable bonds is 3. The zero-order valence-corrected chi connectivity index (χ0v) is 11.3. The average Bonchev–Trinajstić information content (AvgIpc) is 2.49. The third-order valence-corrected chi connectivity index (χ3v) is 3.11. The summed E-state index contributed by atoms with van der Waals surface area (Å²) in [6, 6.07) is 13.7. The lowest BCUT2D eigenvalue weighted by Gasteiger charge is -2.08. The number of carbonyl (C=O) groups is 1. The van der Waals surface area contributed by atoms with E-state index in [0.717, 1.165) is 5.56 Å². The monoisotopic (exact) mass is 285 g/mol. The number of amides is 1. The van der Waals surface area contributed by atoms with Gasteiger partial charge in [-0.3, -0.25) is 4.79 Å². The number of nitriles is 1. The summed E-state index contributed by atoms with van der Waals surface area (Å²) < 4.78 is 0. The summed E-state index contributed by atoms with van der Waals surface area (Å²) in [6.07, 6.45) is 0. The van der Waals surface area contributed by atoms with Gasteiger partial charge in [0.15, 0.2) is 0 Å². The SMILES string of the molecule is N#Cc1ccc(NC(=O)c2ccc(CN)cc2)c(Cl)c1. The van der Waals surface area contributed by atoms with Crippen LogP contribution in [0.2, 0.25) is 5.02 Å². The number of nitrogens with zero attached hydrogens (tertiary/aromatic N) is 1. The Bertz CT molecular complexity index is 675. The van der Waals surface area contributed by atoms with Crippen LogP contribution in [0.5, 0.6) is 0 Å². The smallest absolute Gasteiger partial charge is 0.255 e. The Morgan fingerprint density at radius 1 is 1.25 bits per heavy atom. The van der Waals surface area contributed by atoms with Crippen LogP contribution < -0.4 is 11.1 Å². The standard InChI is InChI=1S/C15H12ClN3O/c16-13-7-11(9-18)3-6-14(13)19-15(20)12-4-1-10(8-17)2-5-12/h1-7H,8,17H2,(H,19,20). The fourth-order valence-electron chi connectivity index (χ4n) is 1.67. The molecular weight excluding hydrogens is 274 g/mol. The summed E-state index contributed by atoms with van der Waals surface area (Å²) in [4.78, 5) is 12.1. The van der Waals surface area contributed by atoms with Crippen LogP contribution in [0.25, 0.3) is 0 Å². The van der Waals surface area contributed by atoms with Crippen LogP contribution in [0, 0.1) is 11.3 Å². The Morgan fingerprint density at radius 2 is 1.95 bits per heavy atom. The van der Waals surface area contributed by atoms with E-state index in [1.165, 1.54) is 6.07 Å². The van der Waals surface area contributed by atoms with Crippen LogP contribution in [0.15, 0.2) is 42.5 Å². The number of benzene rings is 2. The molecule has 5 heteroatoms. The maximum absolute atomic E-state index is 12.1. The van der Waals surface area contributed by atoms with Crippen molar-refractivity contribution in [3.8, 4) is 6.07 Å². The summed E-state index contributed by atoms with van der Waals surface area (Å²) in [6.45, 7) is 0.434. The largest absolute Gasteiger partial charge is 0.326 e. The number of nitrogens with two attached hydrogens (primary N) is 1. The minimum Gasteiger partial charge on any atom is -0.326 e. The molecule has 20 heavy (non-hydrogen) atoms. The number of nitrogens with one attached hydrogen (secondary N) is 1. The second-order valence-electron chi connectivity index (χ2n) is 4.16. The molecule has 100 valence electrons. The van der Waals surface area contributed by atoms with E-state index in [1.54, 1.807) is 36.4 Å². The molecule has 0 heterocycles. The van der Waals surface area contributed by atoms with Gasteiger partial charge in [-0.15, -0.1) is 0 Å². The number of anilines is 1. The maximum Gasteiger partial charge on any atom is 0.255 e. The lowest BCUT2D eigenvalue weighted by Crippen LogP contribution is -2.12. The quantitative estimate of drug-likeness (QED) is 0.910. The summed E-state index contributed by atoms with van der Waals surface area (Å²) in [5.41, 5.74) is 7.89. The van der Waals surface area contributed by atoms with E-state index >= 15 is 0 Å². The maximum atomic E-state index is 12.1. The number of carbonyl (C=O) groups excluding carboxylic acids is 1. The molecule has 0 spiro atoms. The van der Waals surface area contributed by atoms with Gasteiger partial charge in [0.05, 0.1) is 22.3 Å².